The Labute approximate surface area is 92.4 Å². The maximum Gasteiger partial charge on any atom is 0.267 e. The molecule has 1 heterocycles. The number of H-pyrrole nitrogens is 1. The second-order valence-corrected chi connectivity index (χ2v) is 3.65. The Balaban J connectivity index is 2.47. The fourth-order valence-corrected chi connectivity index (χ4v) is 1.73. The van der Waals surface area contributed by atoms with Crippen LogP contribution in [-0.4, -0.2) is 17.4 Å². The molecule has 2 aromatic rings. The number of aromatic nitrogens is 1. The molecule has 78 valence electrons. The molecule has 0 radical (unpaired) electrons. The Bertz CT molecular complexity index is 504. The van der Waals surface area contributed by atoms with Crippen molar-refractivity contribution >= 4 is 28.4 Å². The van der Waals surface area contributed by atoms with Crippen LogP contribution in [0.1, 0.15) is 17.4 Å². The van der Waals surface area contributed by atoms with E-state index in [0.29, 0.717) is 17.3 Å². The number of fused-ring (bicyclic) bond motifs is 1. The second-order valence-electron chi connectivity index (χ2n) is 3.25. The summed E-state index contributed by atoms with van der Waals surface area (Å²) in [7, 11) is 0. The summed E-state index contributed by atoms with van der Waals surface area (Å²) in [6.45, 7) is 2.50. The van der Waals surface area contributed by atoms with E-state index < -0.39 is 0 Å². The predicted molar refractivity (Wildman–Crippen MR) is 61.3 cm³/mol. The number of amides is 1. The summed E-state index contributed by atoms with van der Waals surface area (Å²) in [4.78, 5) is 14.5. The highest BCUT2D eigenvalue weighted by Gasteiger charge is 2.09. The maximum absolute atomic E-state index is 11.5. The van der Waals surface area contributed by atoms with Gasteiger partial charge in [0, 0.05) is 11.9 Å². The van der Waals surface area contributed by atoms with Crippen molar-refractivity contribution in [2.45, 2.75) is 6.92 Å². The van der Waals surface area contributed by atoms with Crippen LogP contribution >= 0.6 is 11.6 Å². The zero-order valence-electron chi connectivity index (χ0n) is 8.30. The van der Waals surface area contributed by atoms with Crippen LogP contribution in [-0.2, 0) is 0 Å². The van der Waals surface area contributed by atoms with E-state index in [2.05, 4.69) is 10.3 Å². The number of carbonyl (C=O) groups excluding carboxylic acids is 1. The molecule has 0 spiro atoms. The quantitative estimate of drug-likeness (QED) is 0.806. The van der Waals surface area contributed by atoms with Crippen LogP contribution in [0, 0.1) is 0 Å². The van der Waals surface area contributed by atoms with Crippen LogP contribution in [0.2, 0.25) is 5.02 Å². The molecule has 0 aliphatic heterocycles. The van der Waals surface area contributed by atoms with E-state index in [-0.39, 0.29) is 5.91 Å². The molecular weight excluding hydrogens is 212 g/mol. The van der Waals surface area contributed by atoms with Crippen molar-refractivity contribution in [1.29, 1.82) is 0 Å². The van der Waals surface area contributed by atoms with Crippen LogP contribution in [0.3, 0.4) is 0 Å². The number of carbonyl (C=O) groups is 1. The van der Waals surface area contributed by atoms with Crippen molar-refractivity contribution in [3.8, 4) is 0 Å². The third-order valence-corrected chi connectivity index (χ3v) is 2.50. The number of nitrogens with one attached hydrogen (secondary N) is 2. The summed E-state index contributed by atoms with van der Waals surface area (Å²) in [5.74, 6) is -0.107. The monoisotopic (exact) mass is 222 g/mol. The first-order valence-electron chi connectivity index (χ1n) is 4.78. The fourth-order valence-electron chi connectivity index (χ4n) is 1.50. The maximum atomic E-state index is 11.5. The van der Waals surface area contributed by atoms with Gasteiger partial charge in [-0.05, 0) is 19.1 Å². The number of rotatable bonds is 2. The molecule has 3 nitrogen and oxygen atoms in total. The van der Waals surface area contributed by atoms with E-state index in [0.717, 1.165) is 10.9 Å². The van der Waals surface area contributed by atoms with Crippen LogP contribution in [0.25, 0.3) is 10.9 Å². The van der Waals surface area contributed by atoms with Crippen molar-refractivity contribution in [3.63, 3.8) is 0 Å². The lowest BCUT2D eigenvalue weighted by Gasteiger charge is -1.97. The minimum absolute atomic E-state index is 0.107. The number of benzene rings is 1. The first-order chi connectivity index (χ1) is 7.22. The van der Waals surface area contributed by atoms with Crippen LogP contribution in [0.4, 0.5) is 0 Å². The third-order valence-electron chi connectivity index (χ3n) is 2.19. The average molecular weight is 223 g/mol. The molecule has 0 saturated heterocycles. The van der Waals surface area contributed by atoms with Crippen molar-refractivity contribution in [1.82, 2.24) is 10.3 Å². The Morgan fingerprint density at radius 2 is 2.33 bits per heavy atom. The lowest BCUT2D eigenvalue weighted by atomic mass is 10.2. The Morgan fingerprint density at radius 1 is 1.53 bits per heavy atom. The molecule has 0 fully saturated rings. The summed E-state index contributed by atoms with van der Waals surface area (Å²) in [6.07, 6.45) is 0. The predicted octanol–water partition coefficient (Wildman–Crippen LogP) is 2.57. The average Bonchev–Trinajstić information content (AvgIpc) is 2.63. The number of hydrogen-bond acceptors (Lipinski definition) is 1. The van der Waals surface area contributed by atoms with E-state index in [1.54, 1.807) is 12.1 Å². The lowest BCUT2D eigenvalue weighted by Crippen LogP contribution is -2.22. The molecule has 1 aromatic carbocycles. The summed E-state index contributed by atoms with van der Waals surface area (Å²) in [5, 5.41) is 4.30. The van der Waals surface area contributed by atoms with Crippen molar-refractivity contribution in [3.05, 3.63) is 35.0 Å². The Kier molecular flexibility index (Phi) is 2.64. The molecule has 0 aliphatic rings. The highest BCUT2D eigenvalue weighted by atomic mass is 35.5. The van der Waals surface area contributed by atoms with E-state index >= 15 is 0 Å². The Hall–Kier alpha value is -1.48. The van der Waals surface area contributed by atoms with Gasteiger partial charge in [-0.25, -0.2) is 0 Å². The molecule has 4 heteroatoms. The van der Waals surface area contributed by atoms with Gasteiger partial charge < -0.3 is 10.3 Å². The third kappa shape index (κ3) is 1.83. The van der Waals surface area contributed by atoms with Crippen LogP contribution in [0.5, 0.6) is 0 Å². The first-order valence-corrected chi connectivity index (χ1v) is 5.15. The lowest BCUT2D eigenvalue weighted by molar-refractivity contribution is 0.0951. The fraction of sp³-hybridized carbons (Fsp3) is 0.182. The van der Waals surface area contributed by atoms with E-state index in [9.17, 15) is 4.79 Å². The molecule has 15 heavy (non-hydrogen) atoms. The molecule has 2 rings (SSSR count). The van der Waals surface area contributed by atoms with Gasteiger partial charge in [-0.15, -0.1) is 0 Å². The van der Waals surface area contributed by atoms with Gasteiger partial charge in [0.05, 0.1) is 10.5 Å². The number of para-hydroxylation sites is 1. The van der Waals surface area contributed by atoms with Crippen LogP contribution in [0.15, 0.2) is 24.3 Å². The SMILES string of the molecule is CCNC(=O)c1cc2cccc(Cl)c2[nH]1. The topological polar surface area (TPSA) is 44.9 Å². The van der Waals surface area contributed by atoms with Gasteiger partial charge in [-0.2, -0.15) is 0 Å². The summed E-state index contributed by atoms with van der Waals surface area (Å²) < 4.78 is 0. The van der Waals surface area contributed by atoms with Gasteiger partial charge in [0.15, 0.2) is 0 Å². The van der Waals surface area contributed by atoms with Gasteiger partial charge in [0.2, 0.25) is 0 Å². The standard InChI is InChI=1S/C11H11ClN2O/c1-2-13-11(15)9-6-7-4-3-5-8(12)10(7)14-9/h3-6,14H,2H2,1H3,(H,13,15). The molecule has 0 atom stereocenters. The van der Waals surface area contributed by atoms with E-state index in [4.69, 9.17) is 11.6 Å². The van der Waals surface area contributed by atoms with Gasteiger partial charge in [0.1, 0.15) is 5.69 Å². The number of hydrogen-bond donors (Lipinski definition) is 2. The number of aromatic amines is 1. The van der Waals surface area contributed by atoms with Gasteiger partial charge in [-0.1, -0.05) is 23.7 Å². The molecule has 0 aliphatic carbocycles. The molecular formula is C11H11ClN2O. The largest absolute Gasteiger partial charge is 0.351 e. The zero-order chi connectivity index (χ0) is 10.8. The first kappa shape index (κ1) is 10.1. The summed E-state index contributed by atoms with van der Waals surface area (Å²) in [6, 6.07) is 7.37. The highest BCUT2D eigenvalue weighted by molar-refractivity contribution is 6.35. The van der Waals surface area contributed by atoms with E-state index in [1.165, 1.54) is 0 Å². The molecule has 2 N–H and O–H groups in total. The normalized spacial score (nSPS) is 10.5. The highest BCUT2D eigenvalue weighted by Crippen LogP contribution is 2.23. The minimum atomic E-state index is -0.107. The summed E-state index contributed by atoms with van der Waals surface area (Å²) in [5.41, 5.74) is 1.35. The molecule has 1 amide bonds. The van der Waals surface area contributed by atoms with Gasteiger partial charge in [0.25, 0.3) is 5.91 Å². The van der Waals surface area contributed by atoms with Gasteiger partial charge >= 0.3 is 0 Å². The minimum Gasteiger partial charge on any atom is -0.351 e. The molecule has 1 aromatic heterocycles. The smallest absolute Gasteiger partial charge is 0.267 e. The van der Waals surface area contributed by atoms with Crippen molar-refractivity contribution in [2.24, 2.45) is 0 Å². The number of halogens is 1. The Morgan fingerprint density at radius 3 is 3.00 bits per heavy atom. The van der Waals surface area contributed by atoms with Crippen LogP contribution < -0.4 is 5.32 Å². The second kappa shape index (κ2) is 3.95. The molecule has 0 unspecified atom stereocenters. The van der Waals surface area contributed by atoms with Crippen molar-refractivity contribution < 1.29 is 4.79 Å². The molecule has 0 saturated carbocycles. The molecule has 0 bridgehead atoms. The van der Waals surface area contributed by atoms with E-state index in [1.807, 2.05) is 19.1 Å². The van der Waals surface area contributed by atoms with Gasteiger partial charge in [-0.3, -0.25) is 4.79 Å². The van der Waals surface area contributed by atoms with Crippen molar-refractivity contribution in [2.75, 3.05) is 6.54 Å². The summed E-state index contributed by atoms with van der Waals surface area (Å²) >= 11 is 5.99. The zero-order valence-corrected chi connectivity index (χ0v) is 9.06.